The fourth-order valence-corrected chi connectivity index (χ4v) is 0.684. The van der Waals surface area contributed by atoms with Crippen LogP contribution in [0.4, 0.5) is 0 Å². The Hall–Kier alpha value is -0.357. The Morgan fingerprint density at radius 2 is 1.24 bits per heavy atom. The van der Waals surface area contributed by atoms with Gasteiger partial charge in [-0.3, -0.25) is 0 Å². The number of aliphatic carboxylic acids is 3. The topological polar surface area (TPSA) is 175 Å². The van der Waals surface area contributed by atoms with Crippen molar-refractivity contribution in [2.45, 2.75) is 18.4 Å². The Kier molecular flexibility index (Phi) is 13.9. The van der Waals surface area contributed by atoms with Crippen LogP contribution in [-0.2, 0) is 20.6 Å². The summed E-state index contributed by atoms with van der Waals surface area (Å²) in [4.78, 5) is 30.0. The largest absolute Gasteiger partial charge is 3.00 e. The molecule has 94 valence electrons. The molecule has 0 saturated carbocycles. The quantitative estimate of drug-likeness (QED) is 0.322. The van der Waals surface area contributed by atoms with E-state index in [1.165, 1.54) is 0 Å². The number of aliphatic hydroxyl groups is 1. The number of rotatable bonds is 5. The molecule has 0 aliphatic carbocycles. The Bertz CT molecular complexity index is 305. The van der Waals surface area contributed by atoms with Crippen LogP contribution in [0.2, 0.25) is 0 Å². The van der Waals surface area contributed by atoms with Crippen molar-refractivity contribution in [3.63, 3.8) is 0 Å². The number of carbonyl (C=O) groups is 3. The number of hydrogen-bond acceptors (Lipinski definition) is 9. The molecule has 0 aromatic heterocycles. The van der Waals surface area contributed by atoms with Crippen molar-refractivity contribution in [3.8, 4) is 0 Å². The van der Waals surface area contributed by atoms with E-state index in [9.17, 15) is 29.7 Å². The maximum absolute atomic E-state index is 10.1. The van der Waals surface area contributed by atoms with Crippen LogP contribution >= 0.6 is 0 Å². The minimum Gasteiger partial charge on any atom is 3.00 e. The molecular weight excluding hydrogens is 553 g/mol. The first-order valence-electron chi connectivity index (χ1n) is 3.45. The molecule has 0 aromatic rings. The van der Waals surface area contributed by atoms with Gasteiger partial charge in [0.05, 0.1) is 5.97 Å². The van der Waals surface area contributed by atoms with Crippen molar-refractivity contribution < 1.29 is 41.0 Å². The maximum Gasteiger partial charge on any atom is 3.00 e. The molecule has 17 heavy (non-hydrogen) atoms. The van der Waals surface area contributed by atoms with Crippen molar-refractivity contribution in [1.29, 1.82) is 0 Å². The third-order valence-electron chi connectivity index (χ3n) is 1.25. The Labute approximate surface area is 124 Å². The Balaban J connectivity index is -0.000000440. The summed E-state index contributed by atoms with van der Waals surface area (Å²) in [6, 6.07) is 0. The molecule has 0 aromatic carbocycles. The van der Waals surface area contributed by atoms with Crippen LogP contribution in [-0.4, -0.2) is 75.7 Å². The van der Waals surface area contributed by atoms with E-state index < -0.39 is 57.2 Å². The minimum atomic E-state index is -2.97. The molecule has 0 saturated heterocycles. The zero-order valence-corrected chi connectivity index (χ0v) is 13.8. The van der Waals surface area contributed by atoms with Crippen LogP contribution in [0.1, 0.15) is 12.8 Å². The smallest absolute Gasteiger partial charge is 3.00 e. The van der Waals surface area contributed by atoms with Gasteiger partial charge >= 0.3 is 53.3 Å². The summed E-state index contributed by atoms with van der Waals surface area (Å²) in [6.07, 6.45) is -2.72. The fraction of sp³-hybridized carbons (Fsp3) is 0.500. The van der Waals surface area contributed by atoms with Gasteiger partial charge in [0.1, 0.15) is 5.60 Å². The van der Waals surface area contributed by atoms with Gasteiger partial charge in [-0.05, 0) is 0 Å². The maximum atomic E-state index is 10.1. The van der Waals surface area contributed by atoms with Gasteiger partial charge in [0.2, 0.25) is 0 Å². The second-order valence-electron chi connectivity index (χ2n) is 2.48. The molecule has 0 atom stereocenters. The van der Waals surface area contributed by atoms with E-state index in [0.29, 0.717) is 0 Å². The predicted octanol–water partition coefficient (Wildman–Crippen LogP) is -6.25. The average molecular weight is 558 g/mol. The zero-order valence-electron chi connectivity index (χ0n) is 7.98. The summed E-state index contributed by atoms with van der Waals surface area (Å²) in [6.45, 7) is 0. The van der Waals surface area contributed by atoms with Crippen molar-refractivity contribution in [2.75, 3.05) is 0 Å². The first-order chi connectivity index (χ1) is 7.19. The summed E-state index contributed by atoms with van der Waals surface area (Å²) in [5, 5.41) is 38.9. The van der Waals surface area contributed by atoms with E-state index in [0.717, 1.165) is 0 Å². The number of hydrogen-bond donors (Lipinski definition) is 1. The Morgan fingerprint density at radius 1 is 1.00 bits per heavy atom. The van der Waals surface area contributed by atoms with E-state index >= 15 is 0 Å². The number of carboxylic acid groups (broad SMARTS) is 3. The number of carboxylic acids is 3. The molecule has 0 amide bonds. The van der Waals surface area contributed by atoms with Crippen molar-refractivity contribution >= 4 is 65.0 Å². The van der Waals surface area contributed by atoms with Gasteiger partial charge in [0, 0.05) is 24.8 Å². The van der Waals surface area contributed by atoms with Gasteiger partial charge < -0.3 is 34.8 Å². The molecule has 1 N–H and O–H groups in total. The summed E-state index contributed by atoms with van der Waals surface area (Å²) in [7, 11) is 0. The summed E-state index contributed by atoms with van der Waals surface area (Å²) in [5.74, 6) is -5.98. The summed E-state index contributed by atoms with van der Waals surface area (Å²) >= 11 is -2.03. The molecule has 0 fully saturated rings. The molecule has 0 spiro atoms. The second-order valence-corrected chi connectivity index (χ2v) is 2.87. The molecular formula is C6H5BiO9Te. The molecule has 0 aliphatic rings. The molecule has 0 heterocycles. The van der Waals surface area contributed by atoms with E-state index in [2.05, 4.69) is 0 Å². The Morgan fingerprint density at radius 3 is 1.35 bits per heavy atom. The summed E-state index contributed by atoms with van der Waals surface area (Å²) in [5.41, 5.74) is -2.97. The first kappa shape index (κ1) is 21.9. The van der Waals surface area contributed by atoms with Gasteiger partial charge in [0.15, 0.2) is 0 Å². The fourth-order valence-electron chi connectivity index (χ4n) is 0.684. The predicted molar refractivity (Wildman–Crippen MR) is 42.1 cm³/mol. The van der Waals surface area contributed by atoms with Crippen LogP contribution in [0.3, 0.4) is 0 Å². The van der Waals surface area contributed by atoms with E-state index in [4.69, 9.17) is 11.3 Å². The molecule has 0 bridgehead atoms. The summed E-state index contributed by atoms with van der Waals surface area (Å²) < 4.78 is 17.0. The van der Waals surface area contributed by atoms with Crippen molar-refractivity contribution in [3.05, 3.63) is 0 Å². The average Bonchev–Trinajstić information content (AvgIpc) is 2.01. The van der Waals surface area contributed by atoms with E-state index in [1.54, 1.807) is 0 Å². The number of carbonyl (C=O) groups excluding carboxylic acids is 3. The minimum absolute atomic E-state index is 0. The molecule has 2 radical (unpaired) electrons. The van der Waals surface area contributed by atoms with Gasteiger partial charge in [-0.15, -0.1) is 0 Å². The molecule has 0 rings (SSSR count). The van der Waals surface area contributed by atoms with Crippen LogP contribution in [0.25, 0.3) is 0 Å². The van der Waals surface area contributed by atoms with Crippen LogP contribution in [0.15, 0.2) is 0 Å². The second kappa shape index (κ2) is 10.8. The normalized spacial score (nSPS) is 9.00. The monoisotopic (exact) mass is 560 g/mol. The van der Waals surface area contributed by atoms with Crippen LogP contribution in [0.5, 0.6) is 0 Å². The van der Waals surface area contributed by atoms with Gasteiger partial charge in [-0.25, -0.2) is 0 Å². The third-order valence-corrected chi connectivity index (χ3v) is 1.25. The molecule has 11 heteroatoms. The van der Waals surface area contributed by atoms with Crippen molar-refractivity contribution in [2.24, 2.45) is 0 Å². The van der Waals surface area contributed by atoms with Crippen LogP contribution < -0.4 is 15.3 Å². The van der Waals surface area contributed by atoms with Crippen molar-refractivity contribution in [1.82, 2.24) is 0 Å². The molecule has 9 nitrogen and oxygen atoms in total. The zero-order chi connectivity index (χ0) is 13.4. The first-order valence-corrected chi connectivity index (χ1v) is 5.35. The van der Waals surface area contributed by atoms with Crippen LogP contribution in [0, 0.1) is 0 Å². The van der Waals surface area contributed by atoms with Gasteiger partial charge in [-0.2, -0.15) is 0 Å². The SMILES string of the molecule is O=C([O-])CC(O)(CC(=O)[O-])C(=O)[O-].O=[Te]=O.[Bi+3]. The van der Waals surface area contributed by atoms with Gasteiger partial charge in [-0.1, -0.05) is 0 Å². The third kappa shape index (κ3) is 11.9. The molecule has 0 aliphatic heterocycles. The van der Waals surface area contributed by atoms with E-state index in [-0.39, 0.29) is 26.2 Å². The standard InChI is InChI=1S/C6H8O7.Bi.O2Te/c7-3(8)1-6(13,5(11)12)2-4(9)10;;1-3-2/h13H,1-2H2,(H,7,8)(H,9,10)(H,11,12);;/q;+3;/p-3. The molecule has 0 unspecified atom stereocenters. The van der Waals surface area contributed by atoms with Gasteiger partial charge in [0.25, 0.3) is 0 Å². The van der Waals surface area contributed by atoms with E-state index in [1.807, 2.05) is 0 Å².